The van der Waals surface area contributed by atoms with Crippen LogP contribution in [-0.4, -0.2) is 39.8 Å². The highest BCUT2D eigenvalue weighted by atomic mass is 32.1. The molecule has 1 N–H and O–H groups in total. The van der Waals surface area contributed by atoms with E-state index < -0.39 is 0 Å². The van der Waals surface area contributed by atoms with Crippen molar-refractivity contribution in [3.05, 3.63) is 76.0 Å². The maximum absolute atomic E-state index is 13.4. The highest BCUT2D eigenvalue weighted by Gasteiger charge is 2.28. The molecule has 2 amide bonds. The number of benzene rings is 1. The van der Waals surface area contributed by atoms with Gasteiger partial charge in [-0.1, -0.05) is 12.1 Å². The third-order valence-corrected chi connectivity index (χ3v) is 6.13. The van der Waals surface area contributed by atoms with Crippen LogP contribution in [0.2, 0.25) is 0 Å². The minimum absolute atomic E-state index is 0.0556. The fourth-order valence-corrected chi connectivity index (χ4v) is 4.44. The molecule has 148 valence electrons. The van der Waals surface area contributed by atoms with Crippen LogP contribution in [0.25, 0.3) is 0 Å². The normalized spacial score (nSPS) is 16.4. The number of carbonyl (C=O) groups is 2. The van der Waals surface area contributed by atoms with E-state index in [1.807, 2.05) is 35.5 Å². The summed E-state index contributed by atoms with van der Waals surface area (Å²) in [4.78, 5) is 36.3. The van der Waals surface area contributed by atoms with Crippen LogP contribution in [0.4, 0.5) is 5.69 Å². The Balaban J connectivity index is 1.57. The van der Waals surface area contributed by atoms with Crippen LogP contribution in [-0.2, 0) is 0 Å². The Morgan fingerprint density at radius 1 is 1.17 bits per heavy atom. The Hall–Kier alpha value is -3.06. The summed E-state index contributed by atoms with van der Waals surface area (Å²) in [5.74, 6) is -0.0394. The molecule has 7 heteroatoms. The summed E-state index contributed by atoms with van der Waals surface area (Å²) >= 11 is 1.64. The molecule has 1 aromatic carbocycles. The molecule has 0 radical (unpaired) electrons. The molecule has 0 aliphatic carbocycles. The van der Waals surface area contributed by atoms with Gasteiger partial charge >= 0.3 is 0 Å². The average molecular weight is 407 g/mol. The Morgan fingerprint density at radius 2 is 2.00 bits per heavy atom. The van der Waals surface area contributed by atoms with E-state index in [0.717, 1.165) is 23.4 Å². The zero-order valence-corrected chi connectivity index (χ0v) is 17.0. The lowest BCUT2D eigenvalue weighted by atomic mass is 9.97. The number of nitrogens with zero attached hydrogens (tertiary/aromatic N) is 3. The van der Waals surface area contributed by atoms with Gasteiger partial charge in [-0.25, -0.2) is 4.98 Å². The summed E-state index contributed by atoms with van der Waals surface area (Å²) < 4.78 is 0. The van der Waals surface area contributed by atoms with Crippen LogP contribution in [0.1, 0.15) is 50.0 Å². The van der Waals surface area contributed by atoms with E-state index in [4.69, 9.17) is 0 Å². The van der Waals surface area contributed by atoms with Gasteiger partial charge < -0.3 is 10.2 Å². The number of hydrogen-bond acceptors (Lipinski definition) is 5. The molecule has 2 aromatic heterocycles. The van der Waals surface area contributed by atoms with Crippen molar-refractivity contribution in [2.24, 2.45) is 0 Å². The number of likely N-dealkylation sites (tertiary alicyclic amines) is 1. The Labute approximate surface area is 173 Å². The van der Waals surface area contributed by atoms with Gasteiger partial charge in [0.15, 0.2) is 0 Å². The second-order valence-corrected chi connectivity index (χ2v) is 8.07. The number of aryl methyl sites for hydroxylation is 1. The first kappa shape index (κ1) is 19.3. The first-order chi connectivity index (χ1) is 14.1. The van der Waals surface area contributed by atoms with Gasteiger partial charge in [0, 0.05) is 48.5 Å². The largest absolute Gasteiger partial charge is 0.338 e. The monoisotopic (exact) mass is 406 g/mol. The van der Waals surface area contributed by atoms with Gasteiger partial charge in [0.1, 0.15) is 0 Å². The molecule has 1 atom stereocenters. The summed E-state index contributed by atoms with van der Waals surface area (Å²) in [6.45, 7) is 3.26. The summed E-state index contributed by atoms with van der Waals surface area (Å²) in [6, 6.07) is 8.83. The van der Waals surface area contributed by atoms with Crippen molar-refractivity contribution >= 4 is 28.8 Å². The molecular weight excluding hydrogens is 384 g/mol. The van der Waals surface area contributed by atoms with Crippen molar-refractivity contribution in [1.29, 1.82) is 0 Å². The van der Waals surface area contributed by atoms with Crippen LogP contribution >= 0.6 is 11.3 Å². The molecule has 0 bridgehead atoms. The van der Waals surface area contributed by atoms with Crippen molar-refractivity contribution in [1.82, 2.24) is 14.9 Å². The molecule has 0 spiro atoms. The third kappa shape index (κ3) is 4.19. The number of nitrogens with one attached hydrogen (secondary N) is 1. The molecule has 4 rings (SSSR count). The first-order valence-electron chi connectivity index (χ1n) is 9.63. The minimum Gasteiger partial charge on any atom is -0.338 e. The predicted molar refractivity (Wildman–Crippen MR) is 113 cm³/mol. The predicted octanol–water partition coefficient (Wildman–Crippen LogP) is 4.12. The van der Waals surface area contributed by atoms with Gasteiger partial charge in [0.25, 0.3) is 11.8 Å². The van der Waals surface area contributed by atoms with Crippen LogP contribution in [0.3, 0.4) is 0 Å². The van der Waals surface area contributed by atoms with Crippen molar-refractivity contribution in [3.8, 4) is 0 Å². The zero-order chi connectivity index (χ0) is 20.2. The third-order valence-electron chi connectivity index (χ3n) is 5.19. The van der Waals surface area contributed by atoms with Crippen molar-refractivity contribution in [2.45, 2.75) is 25.7 Å². The van der Waals surface area contributed by atoms with E-state index >= 15 is 0 Å². The van der Waals surface area contributed by atoms with Gasteiger partial charge in [0.05, 0.1) is 16.3 Å². The minimum atomic E-state index is -0.255. The number of para-hydroxylation sites is 1. The highest BCUT2D eigenvalue weighted by molar-refractivity contribution is 7.09. The lowest BCUT2D eigenvalue weighted by molar-refractivity contribution is 0.0708. The molecule has 29 heavy (non-hydrogen) atoms. The molecule has 1 fully saturated rings. The summed E-state index contributed by atoms with van der Waals surface area (Å²) in [7, 11) is 0. The van der Waals surface area contributed by atoms with E-state index in [1.165, 1.54) is 0 Å². The van der Waals surface area contributed by atoms with Gasteiger partial charge in [-0.15, -0.1) is 11.3 Å². The Morgan fingerprint density at radius 3 is 2.76 bits per heavy atom. The molecule has 3 aromatic rings. The number of hydrogen-bond donors (Lipinski definition) is 1. The Bertz CT molecular complexity index is 1000. The standard InChI is InChI=1S/C22H22N4O2S/c1-15-4-2-6-18(19(15)25-20(27)16-7-9-23-10-8-16)22(28)26-12-3-5-17(14-26)21-24-11-13-29-21/h2,4,6-11,13,17H,3,5,12,14H2,1H3,(H,25,27). The van der Waals surface area contributed by atoms with E-state index in [-0.39, 0.29) is 17.7 Å². The molecule has 1 aliphatic heterocycles. The Kier molecular flexibility index (Phi) is 5.67. The average Bonchev–Trinajstić information content (AvgIpc) is 3.30. The van der Waals surface area contributed by atoms with E-state index in [1.54, 1.807) is 41.9 Å². The van der Waals surface area contributed by atoms with Crippen LogP contribution in [0, 0.1) is 6.92 Å². The van der Waals surface area contributed by atoms with E-state index in [9.17, 15) is 9.59 Å². The molecule has 0 saturated carbocycles. The molecule has 6 nitrogen and oxygen atoms in total. The van der Waals surface area contributed by atoms with Gasteiger partial charge in [-0.2, -0.15) is 0 Å². The quantitative estimate of drug-likeness (QED) is 0.707. The fraction of sp³-hybridized carbons (Fsp3) is 0.273. The lowest BCUT2D eigenvalue weighted by Gasteiger charge is -2.32. The molecule has 1 saturated heterocycles. The number of rotatable bonds is 4. The van der Waals surface area contributed by atoms with Gasteiger partial charge in [-0.05, 0) is 43.5 Å². The number of pyridine rings is 1. The van der Waals surface area contributed by atoms with Crippen molar-refractivity contribution in [2.75, 3.05) is 18.4 Å². The first-order valence-corrected chi connectivity index (χ1v) is 10.5. The van der Waals surface area contributed by atoms with Gasteiger partial charge in [-0.3, -0.25) is 14.6 Å². The number of aromatic nitrogens is 2. The fourth-order valence-electron chi connectivity index (χ4n) is 3.67. The molecule has 1 unspecified atom stereocenters. The maximum Gasteiger partial charge on any atom is 0.255 e. The number of amides is 2. The summed E-state index contributed by atoms with van der Waals surface area (Å²) in [5.41, 5.74) is 2.44. The smallest absolute Gasteiger partial charge is 0.255 e. The summed E-state index contributed by atoms with van der Waals surface area (Å²) in [5, 5.41) is 5.99. The topological polar surface area (TPSA) is 75.2 Å². The number of thiazole rings is 1. The van der Waals surface area contributed by atoms with Crippen molar-refractivity contribution < 1.29 is 9.59 Å². The number of anilines is 1. The van der Waals surface area contributed by atoms with Crippen molar-refractivity contribution in [3.63, 3.8) is 0 Å². The van der Waals surface area contributed by atoms with Crippen LogP contribution in [0.5, 0.6) is 0 Å². The maximum atomic E-state index is 13.4. The number of carbonyl (C=O) groups excluding carboxylic acids is 2. The molecular formula is C22H22N4O2S. The summed E-state index contributed by atoms with van der Waals surface area (Å²) in [6.07, 6.45) is 6.95. The van der Waals surface area contributed by atoms with Crippen LogP contribution < -0.4 is 5.32 Å². The highest BCUT2D eigenvalue weighted by Crippen LogP contribution is 2.30. The second-order valence-electron chi connectivity index (χ2n) is 7.15. The molecule has 1 aliphatic rings. The molecule has 3 heterocycles. The SMILES string of the molecule is Cc1cccc(C(=O)N2CCCC(c3nccs3)C2)c1NC(=O)c1ccncc1. The number of piperidine rings is 1. The van der Waals surface area contributed by atoms with Crippen LogP contribution in [0.15, 0.2) is 54.3 Å². The van der Waals surface area contributed by atoms with Gasteiger partial charge in [0.2, 0.25) is 0 Å². The van der Waals surface area contributed by atoms with E-state index in [2.05, 4.69) is 15.3 Å². The second kappa shape index (κ2) is 8.53. The van der Waals surface area contributed by atoms with E-state index in [0.29, 0.717) is 29.9 Å². The zero-order valence-electron chi connectivity index (χ0n) is 16.2. The lowest BCUT2D eigenvalue weighted by Crippen LogP contribution is -2.39.